The van der Waals surface area contributed by atoms with Crippen LogP contribution >= 0.6 is 23.2 Å². The molecular weight excluding hydrogens is 487 g/mol. The van der Waals surface area contributed by atoms with Gasteiger partial charge in [0.05, 0.1) is 13.7 Å². The van der Waals surface area contributed by atoms with Gasteiger partial charge in [-0.1, -0.05) is 59.6 Å². The highest BCUT2D eigenvalue weighted by Gasteiger charge is 2.15. The fraction of sp³-hybridized carbons (Fsp3) is 0.250. The summed E-state index contributed by atoms with van der Waals surface area (Å²) < 4.78 is 5.77. The van der Waals surface area contributed by atoms with E-state index in [2.05, 4.69) is 62.4 Å². The Morgan fingerprint density at radius 3 is 1.56 bits per heavy atom. The molecule has 4 heteroatoms. The summed E-state index contributed by atoms with van der Waals surface area (Å²) in [6.07, 6.45) is 1.40. The van der Waals surface area contributed by atoms with Gasteiger partial charge in [0.25, 0.3) is 0 Å². The molecule has 4 aromatic rings. The van der Waals surface area contributed by atoms with Crippen LogP contribution in [0.4, 0.5) is 0 Å². The molecule has 2 nitrogen and oxygen atoms in total. The van der Waals surface area contributed by atoms with Gasteiger partial charge in [-0.25, -0.2) is 0 Å². The molecule has 0 fully saturated rings. The van der Waals surface area contributed by atoms with Crippen LogP contribution in [0.3, 0.4) is 0 Å². The van der Waals surface area contributed by atoms with Crippen LogP contribution in [-0.2, 0) is 19.4 Å². The lowest BCUT2D eigenvalue weighted by molar-refractivity contribution is 0.281. The van der Waals surface area contributed by atoms with Crippen LogP contribution in [0, 0.1) is 27.7 Å². The van der Waals surface area contributed by atoms with E-state index in [0.29, 0.717) is 12.8 Å². The summed E-state index contributed by atoms with van der Waals surface area (Å²) in [4.78, 5) is 0. The number of benzene rings is 4. The lowest BCUT2D eigenvalue weighted by Crippen LogP contribution is -2.01. The Labute approximate surface area is 224 Å². The van der Waals surface area contributed by atoms with Gasteiger partial charge in [-0.2, -0.15) is 0 Å². The average Bonchev–Trinajstić information content (AvgIpc) is 2.84. The van der Waals surface area contributed by atoms with Crippen LogP contribution < -0.4 is 4.74 Å². The van der Waals surface area contributed by atoms with E-state index in [1.54, 1.807) is 7.11 Å². The van der Waals surface area contributed by atoms with E-state index in [4.69, 9.17) is 27.9 Å². The second-order valence-corrected chi connectivity index (χ2v) is 10.4. The zero-order chi connectivity index (χ0) is 26.0. The minimum Gasteiger partial charge on any atom is -0.496 e. The van der Waals surface area contributed by atoms with Gasteiger partial charge in [0, 0.05) is 10.0 Å². The van der Waals surface area contributed by atoms with Crippen molar-refractivity contribution in [2.75, 3.05) is 7.11 Å². The first-order chi connectivity index (χ1) is 17.2. The Hall–Kier alpha value is -2.78. The number of rotatable bonds is 7. The molecule has 4 rings (SSSR count). The second-order valence-electron chi connectivity index (χ2n) is 9.58. The molecule has 0 aliphatic heterocycles. The molecule has 0 amide bonds. The van der Waals surface area contributed by atoms with Crippen molar-refractivity contribution in [1.29, 1.82) is 0 Å². The van der Waals surface area contributed by atoms with Crippen LogP contribution in [0.1, 0.15) is 50.1 Å². The minimum atomic E-state index is -0.0247. The number of ether oxygens (including phenoxy) is 1. The number of methoxy groups -OCH3 is 1. The van der Waals surface area contributed by atoms with Crippen molar-refractivity contribution in [1.82, 2.24) is 0 Å². The highest BCUT2D eigenvalue weighted by Crippen LogP contribution is 2.35. The normalized spacial score (nSPS) is 11.1. The molecular formula is C32H32Cl2O2. The summed E-state index contributed by atoms with van der Waals surface area (Å²) in [5.41, 5.74) is 11.9. The molecule has 0 atom stereocenters. The van der Waals surface area contributed by atoms with Crippen molar-refractivity contribution in [3.63, 3.8) is 0 Å². The molecule has 0 aromatic heterocycles. The Morgan fingerprint density at radius 2 is 1.08 bits per heavy atom. The van der Waals surface area contributed by atoms with Crippen molar-refractivity contribution < 1.29 is 9.84 Å². The zero-order valence-corrected chi connectivity index (χ0v) is 23.0. The minimum absolute atomic E-state index is 0.0247. The van der Waals surface area contributed by atoms with Crippen LogP contribution in [0.25, 0.3) is 11.1 Å². The molecule has 36 heavy (non-hydrogen) atoms. The summed E-state index contributed by atoms with van der Waals surface area (Å²) >= 11 is 13.1. The van der Waals surface area contributed by atoms with Gasteiger partial charge < -0.3 is 9.84 Å². The highest BCUT2D eigenvalue weighted by molar-refractivity contribution is 6.31. The van der Waals surface area contributed by atoms with E-state index < -0.39 is 0 Å². The van der Waals surface area contributed by atoms with Gasteiger partial charge in [0.1, 0.15) is 5.75 Å². The zero-order valence-electron chi connectivity index (χ0n) is 21.5. The first-order valence-corrected chi connectivity index (χ1v) is 12.9. The first kappa shape index (κ1) is 26.3. The van der Waals surface area contributed by atoms with E-state index >= 15 is 0 Å². The smallest absolute Gasteiger partial charge is 0.122 e. The number of aliphatic hydroxyl groups excluding tert-OH is 1. The molecule has 0 bridgehead atoms. The molecule has 0 aliphatic rings. The number of aliphatic hydroxyl groups is 1. The summed E-state index contributed by atoms with van der Waals surface area (Å²) in [5.74, 6) is 0.833. The van der Waals surface area contributed by atoms with E-state index in [1.807, 2.05) is 26.0 Å². The number of hydrogen-bond donors (Lipinski definition) is 1. The quantitative estimate of drug-likeness (QED) is 0.265. The molecule has 4 aromatic carbocycles. The third kappa shape index (κ3) is 5.62. The van der Waals surface area contributed by atoms with Crippen LogP contribution in [0.2, 0.25) is 10.0 Å². The molecule has 0 heterocycles. The summed E-state index contributed by atoms with van der Waals surface area (Å²) in [6.45, 7) is 8.20. The number of halogens is 2. The van der Waals surface area contributed by atoms with Gasteiger partial charge in [-0.3, -0.25) is 0 Å². The predicted molar refractivity (Wildman–Crippen MR) is 152 cm³/mol. The van der Waals surface area contributed by atoms with Crippen molar-refractivity contribution in [2.45, 2.75) is 47.1 Å². The summed E-state index contributed by atoms with van der Waals surface area (Å²) in [7, 11) is 1.70. The van der Waals surface area contributed by atoms with Crippen molar-refractivity contribution in [2.24, 2.45) is 0 Å². The predicted octanol–water partition coefficient (Wildman–Crippen LogP) is 8.58. The standard InChI is InChI=1S/C32H32Cl2O2/c1-19-6-8-23(30(33)10-19)12-25-14-27(16-29(18-35)21(25)3)28-15-26(22(4)32(17-28)36-5)13-24-9-7-20(2)11-31(24)34/h6-11,14-17,35H,12-13,18H2,1-5H3. The Bertz CT molecular complexity index is 1310. The van der Waals surface area contributed by atoms with E-state index in [-0.39, 0.29) is 6.61 Å². The SMILES string of the molecule is COc1cc(-c2cc(CO)c(C)c(Cc3ccc(C)cc3Cl)c2)cc(Cc2ccc(C)cc2Cl)c1C. The molecule has 0 saturated carbocycles. The van der Waals surface area contributed by atoms with Gasteiger partial charge in [-0.05, 0) is 126 Å². The Morgan fingerprint density at radius 1 is 0.611 bits per heavy atom. The van der Waals surface area contributed by atoms with E-state index in [0.717, 1.165) is 77.0 Å². The Kier molecular flexibility index (Phi) is 8.10. The third-order valence-corrected chi connectivity index (χ3v) is 7.70. The van der Waals surface area contributed by atoms with Gasteiger partial charge in [0.2, 0.25) is 0 Å². The molecule has 1 N–H and O–H groups in total. The molecule has 0 unspecified atom stereocenters. The third-order valence-electron chi connectivity index (χ3n) is 6.99. The maximum absolute atomic E-state index is 10.2. The summed E-state index contributed by atoms with van der Waals surface area (Å²) in [5, 5.41) is 11.7. The van der Waals surface area contributed by atoms with Crippen LogP contribution in [-0.4, -0.2) is 12.2 Å². The van der Waals surface area contributed by atoms with Gasteiger partial charge in [-0.15, -0.1) is 0 Å². The van der Waals surface area contributed by atoms with Gasteiger partial charge >= 0.3 is 0 Å². The molecule has 0 radical (unpaired) electrons. The fourth-order valence-corrected chi connectivity index (χ4v) is 5.27. The second kappa shape index (κ2) is 11.1. The van der Waals surface area contributed by atoms with Crippen molar-refractivity contribution in [3.8, 4) is 16.9 Å². The molecule has 0 saturated heterocycles. The summed E-state index contributed by atoms with van der Waals surface area (Å²) in [6, 6.07) is 20.9. The maximum atomic E-state index is 10.2. The van der Waals surface area contributed by atoms with Crippen LogP contribution in [0.5, 0.6) is 5.75 Å². The van der Waals surface area contributed by atoms with Crippen LogP contribution in [0.15, 0.2) is 60.7 Å². The lowest BCUT2D eigenvalue weighted by atomic mass is 9.89. The number of aryl methyl sites for hydroxylation is 2. The number of hydrogen-bond acceptors (Lipinski definition) is 2. The largest absolute Gasteiger partial charge is 0.496 e. The van der Waals surface area contributed by atoms with E-state index in [9.17, 15) is 5.11 Å². The van der Waals surface area contributed by atoms with Gasteiger partial charge in [0.15, 0.2) is 0 Å². The Balaban J connectivity index is 1.80. The monoisotopic (exact) mass is 518 g/mol. The highest BCUT2D eigenvalue weighted by atomic mass is 35.5. The van der Waals surface area contributed by atoms with Crippen molar-refractivity contribution >= 4 is 23.2 Å². The molecule has 0 spiro atoms. The fourth-order valence-electron chi connectivity index (χ4n) is 4.66. The molecule has 0 aliphatic carbocycles. The first-order valence-electron chi connectivity index (χ1n) is 12.1. The maximum Gasteiger partial charge on any atom is 0.122 e. The molecule has 186 valence electrons. The topological polar surface area (TPSA) is 29.5 Å². The lowest BCUT2D eigenvalue weighted by Gasteiger charge is -2.18. The average molecular weight is 520 g/mol. The van der Waals surface area contributed by atoms with E-state index in [1.165, 1.54) is 0 Å². The van der Waals surface area contributed by atoms with Crippen molar-refractivity contribution in [3.05, 3.63) is 121 Å².